The fourth-order valence-electron chi connectivity index (χ4n) is 2.22. The number of likely N-dealkylation sites (N-methyl/N-ethyl adjacent to an activating group) is 1. The molecule has 0 aromatic carbocycles. The molecule has 0 radical (unpaired) electrons. The lowest BCUT2D eigenvalue weighted by Gasteiger charge is -2.21. The molecule has 0 unspecified atom stereocenters. The van der Waals surface area contributed by atoms with Crippen LogP contribution >= 0.6 is 22.9 Å². The van der Waals surface area contributed by atoms with Crippen LogP contribution in [-0.4, -0.2) is 47.5 Å². The molecule has 0 atom stereocenters. The number of fused-ring (bicyclic) bond motifs is 1. The molecule has 2 aromatic heterocycles. The summed E-state index contributed by atoms with van der Waals surface area (Å²) in [6.07, 6.45) is 0.926. The minimum Gasteiger partial charge on any atom is -0.347 e. The van der Waals surface area contributed by atoms with Crippen molar-refractivity contribution in [1.29, 1.82) is 0 Å². The molecule has 19 heavy (non-hydrogen) atoms. The van der Waals surface area contributed by atoms with Crippen molar-refractivity contribution < 1.29 is 4.79 Å². The topological polar surface area (TPSA) is 49.3 Å². The highest BCUT2D eigenvalue weighted by Crippen LogP contribution is 2.29. The molecule has 1 saturated heterocycles. The van der Waals surface area contributed by atoms with Gasteiger partial charge >= 0.3 is 0 Å². The van der Waals surface area contributed by atoms with E-state index in [1.165, 1.54) is 11.3 Å². The summed E-state index contributed by atoms with van der Waals surface area (Å²) in [5.74, 6) is 0.871. The van der Waals surface area contributed by atoms with Gasteiger partial charge in [0.1, 0.15) is 10.6 Å². The van der Waals surface area contributed by atoms with Gasteiger partial charge in [-0.25, -0.2) is 4.98 Å². The van der Waals surface area contributed by atoms with Crippen molar-refractivity contribution in [3.05, 3.63) is 16.7 Å². The molecule has 7 heteroatoms. The maximum Gasteiger partial charge on any atom is 0.241 e. The first-order valence-corrected chi connectivity index (χ1v) is 7.30. The monoisotopic (exact) mass is 296 g/mol. The van der Waals surface area contributed by atoms with Gasteiger partial charge in [-0.2, -0.15) is 4.98 Å². The van der Waals surface area contributed by atoms with E-state index in [0.717, 1.165) is 35.5 Å². The van der Waals surface area contributed by atoms with E-state index in [2.05, 4.69) is 9.97 Å². The van der Waals surface area contributed by atoms with Crippen molar-refractivity contribution in [1.82, 2.24) is 14.9 Å². The molecule has 3 rings (SSSR count). The smallest absolute Gasteiger partial charge is 0.241 e. The number of rotatable bonds is 1. The summed E-state index contributed by atoms with van der Waals surface area (Å²) in [4.78, 5) is 25.1. The van der Waals surface area contributed by atoms with E-state index in [0.29, 0.717) is 6.54 Å². The van der Waals surface area contributed by atoms with Gasteiger partial charge in [-0.1, -0.05) is 0 Å². The fourth-order valence-corrected chi connectivity index (χ4v) is 3.20. The third kappa shape index (κ3) is 2.37. The van der Waals surface area contributed by atoms with Crippen LogP contribution in [0, 0.1) is 0 Å². The molecule has 0 N–H and O–H groups in total. The number of halogens is 1. The van der Waals surface area contributed by atoms with E-state index in [1.54, 1.807) is 4.90 Å². The van der Waals surface area contributed by atoms with E-state index >= 15 is 0 Å². The maximum absolute atomic E-state index is 12.0. The Bertz CT molecular complexity index is 629. The molecule has 5 nitrogen and oxygen atoms in total. The summed E-state index contributed by atoms with van der Waals surface area (Å²) >= 11 is 7.50. The second kappa shape index (κ2) is 4.94. The molecule has 0 aliphatic carbocycles. The van der Waals surface area contributed by atoms with Gasteiger partial charge in [-0.3, -0.25) is 4.79 Å². The molecule has 100 valence electrons. The number of amides is 1. The van der Waals surface area contributed by atoms with E-state index in [9.17, 15) is 4.79 Å². The van der Waals surface area contributed by atoms with Crippen LogP contribution in [-0.2, 0) is 4.79 Å². The van der Waals surface area contributed by atoms with Gasteiger partial charge in [0.2, 0.25) is 11.2 Å². The zero-order valence-electron chi connectivity index (χ0n) is 10.5. The van der Waals surface area contributed by atoms with Gasteiger partial charge in [0.05, 0.1) is 11.9 Å². The van der Waals surface area contributed by atoms with Crippen LogP contribution in [0.15, 0.2) is 11.4 Å². The number of nitrogens with zero attached hydrogens (tertiary/aromatic N) is 4. The Hall–Kier alpha value is -1.40. The first-order chi connectivity index (χ1) is 9.15. The zero-order chi connectivity index (χ0) is 13.4. The number of carbonyl (C=O) groups excluding carboxylic acids is 1. The molecule has 1 fully saturated rings. The van der Waals surface area contributed by atoms with Gasteiger partial charge in [0.15, 0.2) is 0 Å². The first-order valence-electron chi connectivity index (χ1n) is 6.05. The molecule has 0 spiro atoms. The van der Waals surface area contributed by atoms with Crippen LogP contribution < -0.4 is 4.90 Å². The van der Waals surface area contributed by atoms with Crippen molar-refractivity contribution >= 4 is 44.9 Å². The Kier molecular flexibility index (Phi) is 3.28. The summed E-state index contributed by atoms with van der Waals surface area (Å²) in [6, 6.07) is 1.98. The predicted octanol–water partition coefficient (Wildman–Crippen LogP) is 2.01. The SMILES string of the molecule is CN1CCCN(c2nc(Cl)nc3sccc23)CC1=O. The normalized spacial score (nSPS) is 17.1. The van der Waals surface area contributed by atoms with Crippen molar-refractivity contribution in [2.45, 2.75) is 6.42 Å². The second-order valence-corrected chi connectivity index (χ2v) is 5.78. The van der Waals surface area contributed by atoms with Crippen LogP contribution in [0.1, 0.15) is 6.42 Å². The Labute approximate surface area is 119 Å². The van der Waals surface area contributed by atoms with Gasteiger partial charge in [0, 0.05) is 20.1 Å². The van der Waals surface area contributed by atoms with Gasteiger partial charge < -0.3 is 9.80 Å². The summed E-state index contributed by atoms with van der Waals surface area (Å²) in [6.45, 7) is 1.92. The van der Waals surface area contributed by atoms with Crippen LogP contribution in [0.2, 0.25) is 5.28 Å². The fraction of sp³-hybridized carbons (Fsp3) is 0.417. The van der Waals surface area contributed by atoms with Gasteiger partial charge in [0.25, 0.3) is 0 Å². The van der Waals surface area contributed by atoms with Crippen molar-refractivity contribution in [2.24, 2.45) is 0 Å². The predicted molar refractivity (Wildman–Crippen MR) is 76.9 cm³/mol. The second-order valence-electron chi connectivity index (χ2n) is 4.55. The summed E-state index contributed by atoms with van der Waals surface area (Å²) < 4.78 is 0. The van der Waals surface area contributed by atoms with Crippen LogP contribution in [0.3, 0.4) is 0 Å². The van der Waals surface area contributed by atoms with Crippen LogP contribution in [0.25, 0.3) is 10.2 Å². The van der Waals surface area contributed by atoms with Crippen molar-refractivity contribution in [3.63, 3.8) is 0 Å². The van der Waals surface area contributed by atoms with Gasteiger partial charge in [-0.15, -0.1) is 11.3 Å². The summed E-state index contributed by atoms with van der Waals surface area (Å²) in [5.41, 5.74) is 0. The molecule has 1 aliphatic rings. The number of thiophene rings is 1. The Morgan fingerprint density at radius 2 is 2.21 bits per heavy atom. The Morgan fingerprint density at radius 3 is 3.05 bits per heavy atom. The number of carbonyl (C=O) groups is 1. The van der Waals surface area contributed by atoms with E-state index in [4.69, 9.17) is 11.6 Å². The minimum absolute atomic E-state index is 0.107. The van der Waals surface area contributed by atoms with Crippen molar-refractivity contribution in [2.75, 3.05) is 31.6 Å². The lowest BCUT2D eigenvalue weighted by molar-refractivity contribution is -0.127. The average Bonchev–Trinajstić information content (AvgIpc) is 2.77. The Morgan fingerprint density at radius 1 is 1.37 bits per heavy atom. The summed E-state index contributed by atoms with van der Waals surface area (Å²) in [5, 5.41) is 3.16. The van der Waals surface area contributed by atoms with Crippen molar-refractivity contribution in [3.8, 4) is 0 Å². The standard InChI is InChI=1S/C12H13ClN4OS/c1-16-4-2-5-17(7-9(16)18)10-8-3-6-19-11(8)15-12(13)14-10/h3,6H,2,4-5,7H2,1H3. The van der Waals surface area contributed by atoms with Gasteiger partial charge in [-0.05, 0) is 29.5 Å². The van der Waals surface area contributed by atoms with E-state index in [-0.39, 0.29) is 11.2 Å². The highest BCUT2D eigenvalue weighted by atomic mass is 35.5. The molecule has 3 heterocycles. The number of hydrogen-bond donors (Lipinski definition) is 0. The maximum atomic E-state index is 12.0. The van der Waals surface area contributed by atoms with E-state index < -0.39 is 0 Å². The van der Waals surface area contributed by atoms with Crippen LogP contribution in [0.4, 0.5) is 5.82 Å². The molecule has 1 amide bonds. The number of anilines is 1. The highest BCUT2D eigenvalue weighted by Gasteiger charge is 2.22. The van der Waals surface area contributed by atoms with E-state index in [1.807, 2.05) is 23.4 Å². The first kappa shape index (κ1) is 12.6. The zero-order valence-corrected chi connectivity index (χ0v) is 12.0. The molecular formula is C12H13ClN4OS. The largest absolute Gasteiger partial charge is 0.347 e. The molecule has 1 aliphatic heterocycles. The highest BCUT2D eigenvalue weighted by molar-refractivity contribution is 7.16. The number of hydrogen-bond acceptors (Lipinski definition) is 5. The minimum atomic E-state index is 0.107. The third-order valence-corrected chi connectivity index (χ3v) is 4.23. The number of aromatic nitrogens is 2. The quantitative estimate of drug-likeness (QED) is 0.756. The van der Waals surface area contributed by atoms with Crippen LogP contribution in [0.5, 0.6) is 0 Å². The molecule has 0 bridgehead atoms. The molecular weight excluding hydrogens is 284 g/mol. The molecule has 0 saturated carbocycles. The molecule has 2 aromatic rings. The Balaban J connectivity index is 2.03. The third-order valence-electron chi connectivity index (χ3n) is 3.25. The lowest BCUT2D eigenvalue weighted by Crippen LogP contribution is -2.34. The lowest BCUT2D eigenvalue weighted by atomic mass is 10.3. The average molecular weight is 297 g/mol. The summed E-state index contributed by atoms with van der Waals surface area (Å²) in [7, 11) is 1.83.